The van der Waals surface area contributed by atoms with Crippen LogP contribution in [0.4, 0.5) is 5.69 Å². The fourth-order valence-electron chi connectivity index (χ4n) is 11.6. The van der Waals surface area contributed by atoms with E-state index in [9.17, 15) is 0 Å². The first-order valence-electron chi connectivity index (χ1n) is 24.8. The molecule has 2 aliphatic heterocycles. The zero-order valence-electron chi connectivity index (χ0n) is 39.1. The Bertz CT molecular complexity index is 3710. The molecule has 0 saturated carbocycles. The molecule has 8 aromatic carbocycles. The van der Waals surface area contributed by atoms with Gasteiger partial charge in [0.05, 0.1) is 5.70 Å². The maximum Gasteiger partial charge on any atom is 0.0662 e. The van der Waals surface area contributed by atoms with Gasteiger partial charge in [-0.25, -0.2) is 0 Å². The summed E-state index contributed by atoms with van der Waals surface area (Å²) >= 11 is 3.92. The molecule has 0 fully saturated rings. The molecule has 0 radical (unpaired) electrons. The molecule has 2 bridgehead atoms. The van der Waals surface area contributed by atoms with Crippen molar-refractivity contribution in [3.8, 4) is 22.3 Å². The third-order valence-corrected chi connectivity index (χ3v) is 17.3. The lowest BCUT2D eigenvalue weighted by Gasteiger charge is -2.35. The van der Waals surface area contributed by atoms with Crippen LogP contribution in [0.25, 0.3) is 71.1 Å². The van der Waals surface area contributed by atoms with Crippen molar-refractivity contribution in [2.75, 3.05) is 4.90 Å². The molecule has 332 valence electrons. The van der Waals surface area contributed by atoms with Crippen LogP contribution in [0.3, 0.4) is 0 Å². The Hall–Kier alpha value is -7.13. The minimum absolute atomic E-state index is 0.911. The van der Waals surface area contributed by atoms with E-state index in [1.165, 1.54) is 136 Å². The molecule has 1 aromatic heterocycles. The van der Waals surface area contributed by atoms with Crippen molar-refractivity contribution in [1.82, 2.24) is 0 Å². The van der Waals surface area contributed by atoms with Crippen LogP contribution in [0, 0.1) is 0 Å². The van der Waals surface area contributed by atoms with E-state index in [-0.39, 0.29) is 0 Å². The highest BCUT2D eigenvalue weighted by Crippen LogP contribution is 2.50. The molecule has 0 unspecified atom stereocenters. The van der Waals surface area contributed by atoms with Gasteiger partial charge >= 0.3 is 0 Å². The first kappa shape index (κ1) is 42.0. The Labute approximate surface area is 413 Å². The van der Waals surface area contributed by atoms with Crippen LogP contribution in [-0.4, -0.2) is 0 Å². The van der Waals surface area contributed by atoms with Crippen molar-refractivity contribution in [2.24, 2.45) is 0 Å². The summed E-state index contributed by atoms with van der Waals surface area (Å²) in [4.78, 5) is 6.77. The lowest BCUT2D eigenvalue weighted by Crippen LogP contribution is -2.26. The quantitative estimate of drug-likeness (QED) is 0.110. The van der Waals surface area contributed by atoms with Crippen LogP contribution in [0.2, 0.25) is 0 Å². The number of allylic oxidation sites excluding steroid dienone is 8. The van der Waals surface area contributed by atoms with E-state index < -0.39 is 0 Å². The molecule has 4 aliphatic rings. The minimum atomic E-state index is 0.911. The van der Waals surface area contributed by atoms with Crippen molar-refractivity contribution in [3.63, 3.8) is 0 Å². The zero-order valence-corrected chi connectivity index (χ0v) is 40.7. The van der Waals surface area contributed by atoms with Crippen LogP contribution >= 0.6 is 23.1 Å². The Morgan fingerprint density at radius 2 is 1.19 bits per heavy atom. The number of aryl methyl sites for hydroxylation is 1. The van der Waals surface area contributed by atoms with Gasteiger partial charge in [-0.2, -0.15) is 0 Å². The van der Waals surface area contributed by atoms with Crippen LogP contribution in [0.1, 0.15) is 78.6 Å². The third-order valence-electron chi connectivity index (χ3n) is 14.8. The molecular weight excluding hydrogens is 871 g/mol. The molecular formula is C66H51NS2. The summed E-state index contributed by atoms with van der Waals surface area (Å²) in [5, 5.41) is 6.52. The lowest BCUT2D eigenvalue weighted by molar-refractivity contribution is 0.842. The highest BCUT2D eigenvalue weighted by Gasteiger charge is 2.32. The fourth-order valence-corrected chi connectivity index (χ4v) is 14.2. The molecule has 2 aliphatic carbocycles. The van der Waals surface area contributed by atoms with Gasteiger partial charge in [0.1, 0.15) is 0 Å². The molecule has 0 saturated heterocycles. The van der Waals surface area contributed by atoms with Crippen LogP contribution < -0.4 is 4.90 Å². The summed E-state index contributed by atoms with van der Waals surface area (Å²) in [5.74, 6) is 0. The van der Waals surface area contributed by atoms with Gasteiger partial charge in [0, 0.05) is 41.9 Å². The Morgan fingerprint density at radius 1 is 0.565 bits per heavy atom. The molecule has 13 rings (SSSR count). The summed E-state index contributed by atoms with van der Waals surface area (Å²) in [6.45, 7) is 4.53. The number of fused-ring (bicyclic) bond motifs is 6. The van der Waals surface area contributed by atoms with Crippen LogP contribution in [0.15, 0.2) is 220 Å². The molecule has 3 heterocycles. The van der Waals surface area contributed by atoms with Gasteiger partial charge in [-0.15, -0.1) is 11.3 Å². The van der Waals surface area contributed by atoms with E-state index in [0.717, 1.165) is 44.9 Å². The third kappa shape index (κ3) is 7.14. The van der Waals surface area contributed by atoms with Crippen molar-refractivity contribution in [1.29, 1.82) is 0 Å². The summed E-state index contributed by atoms with van der Waals surface area (Å²) < 4.78 is 1.41. The Balaban J connectivity index is 0.955. The number of hydrogen-bond acceptors (Lipinski definition) is 3. The van der Waals surface area contributed by atoms with Crippen molar-refractivity contribution < 1.29 is 0 Å². The summed E-state index contributed by atoms with van der Waals surface area (Å²) in [6, 6.07) is 61.2. The molecule has 0 N–H and O–H groups in total. The lowest BCUT2D eigenvalue weighted by atomic mass is 9.85. The molecule has 3 heteroatoms. The second-order valence-electron chi connectivity index (χ2n) is 18.7. The van der Waals surface area contributed by atoms with E-state index >= 15 is 0 Å². The smallest absolute Gasteiger partial charge is 0.0662 e. The Kier molecular flexibility index (Phi) is 10.6. The highest BCUT2D eigenvalue weighted by molar-refractivity contribution is 7.99. The van der Waals surface area contributed by atoms with Gasteiger partial charge in [0.15, 0.2) is 0 Å². The molecule has 0 spiro atoms. The van der Waals surface area contributed by atoms with E-state index in [4.69, 9.17) is 0 Å². The second-order valence-corrected chi connectivity index (χ2v) is 20.9. The highest BCUT2D eigenvalue weighted by atomic mass is 32.2. The molecule has 69 heavy (non-hydrogen) atoms. The number of benzene rings is 8. The maximum absolute atomic E-state index is 4.10. The SMILES string of the molecule is CC/C=C\c1sc2c(C3=CC4=C(CC3)N(c3ccc(-c5c6ccccc6c(-c6ccccc6)c6ccccc56)cc3)C3=C=C4C=C(c4cccc5c4Sc4ccccc4C5)CC3)cccc2c1CC. The standard InChI is InChI=1S/C66H51NS2/c1-3-5-28-62-51(4-2)58-27-16-26-53(66(58)69-62)45-33-37-60-59(41-45)48-38-44(52-25-15-20-47-39-46-19-9-14-29-61(46)68-65(47)52)32-36-50(40-48)67(60)49-34-30-43(31-35-49)64-56-23-12-10-21-54(56)63(42-17-7-6-8-18-42)55-22-11-13-24-57(55)64/h5-31,34-35,38,41H,3-4,32-33,36-37,39H2,1-2H3/b28-5-. The molecule has 9 aromatic rings. The molecule has 0 amide bonds. The van der Waals surface area contributed by atoms with E-state index in [0.29, 0.717) is 0 Å². The number of thiophene rings is 1. The largest absolute Gasteiger partial charge is 0.310 e. The van der Waals surface area contributed by atoms with Crippen molar-refractivity contribution in [3.05, 3.63) is 243 Å². The van der Waals surface area contributed by atoms with E-state index in [1.807, 2.05) is 23.1 Å². The topological polar surface area (TPSA) is 3.24 Å². The predicted octanol–water partition coefficient (Wildman–Crippen LogP) is 18.8. The van der Waals surface area contributed by atoms with Crippen molar-refractivity contribution >= 4 is 77.6 Å². The zero-order chi connectivity index (χ0) is 46.0. The van der Waals surface area contributed by atoms with Crippen LogP contribution in [0.5, 0.6) is 0 Å². The van der Waals surface area contributed by atoms with E-state index in [2.05, 4.69) is 213 Å². The second kappa shape index (κ2) is 17.4. The first-order chi connectivity index (χ1) is 34.1. The summed E-state index contributed by atoms with van der Waals surface area (Å²) in [5.41, 5.74) is 25.4. The number of anilines is 1. The van der Waals surface area contributed by atoms with Gasteiger partial charge < -0.3 is 4.90 Å². The monoisotopic (exact) mass is 921 g/mol. The first-order valence-corrected chi connectivity index (χ1v) is 26.4. The Morgan fingerprint density at radius 3 is 1.93 bits per heavy atom. The molecule has 0 atom stereocenters. The average Bonchev–Trinajstić information content (AvgIpc) is 3.66. The van der Waals surface area contributed by atoms with Gasteiger partial charge in [-0.1, -0.05) is 183 Å². The van der Waals surface area contributed by atoms with Crippen molar-refractivity contribution in [2.45, 2.75) is 68.6 Å². The van der Waals surface area contributed by atoms with Gasteiger partial charge in [-0.05, 0) is 170 Å². The van der Waals surface area contributed by atoms with Gasteiger partial charge in [-0.3, -0.25) is 0 Å². The van der Waals surface area contributed by atoms with Gasteiger partial charge in [0.2, 0.25) is 0 Å². The normalized spacial score (nSPS) is 15.4. The van der Waals surface area contributed by atoms with Gasteiger partial charge in [0.25, 0.3) is 0 Å². The predicted molar refractivity (Wildman–Crippen MR) is 297 cm³/mol. The minimum Gasteiger partial charge on any atom is -0.310 e. The number of nitrogens with zero attached hydrogens (tertiary/aromatic N) is 1. The summed E-state index contributed by atoms with van der Waals surface area (Å²) in [6.07, 6.45) is 16.5. The average molecular weight is 922 g/mol. The van der Waals surface area contributed by atoms with Crippen LogP contribution in [-0.2, 0) is 12.8 Å². The molecule has 1 nitrogen and oxygen atoms in total. The van der Waals surface area contributed by atoms with E-state index in [1.54, 1.807) is 0 Å². The maximum atomic E-state index is 4.10. The number of rotatable bonds is 8. The number of hydrogen-bond donors (Lipinski definition) is 0. The fraction of sp³-hybridized carbons (Fsp3) is 0.136. The summed E-state index contributed by atoms with van der Waals surface area (Å²) in [7, 11) is 0.